The summed E-state index contributed by atoms with van der Waals surface area (Å²) in [6.45, 7) is 4.92. The van der Waals surface area contributed by atoms with Crippen LogP contribution in [0.4, 0.5) is 0 Å². The van der Waals surface area contributed by atoms with E-state index in [1.54, 1.807) is 0 Å². The van der Waals surface area contributed by atoms with E-state index in [0.717, 1.165) is 64.4 Å². The Morgan fingerprint density at radius 2 is 1.68 bits per heavy atom. The molecule has 3 aliphatic rings. The van der Waals surface area contributed by atoms with Crippen molar-refractivity contribution < 1.29 is 14.3 Å². The third kappa shape index (κ3) is 4.94. The molecular formula is C19H33N3O3. The zero-order chi connectivity index (χ0) is 17.6. The van der Waals surface area contributed by atoms with Crippen LogP contribution in [0.25, 0.3) is 0 Å². The van der Waals surface area contributed by atoms with Gasteiger partial charge in [-0.1, -0.05) is 6.42 Å². The molecule has 2 atom stereocenters. The molecule has 0 saturated carbocycles. The summed E-state index contributed by atoms with van der Waals surface area (Å²) in [7, 11) is 0. The molecule has 25 heavy (non-hydrogen) atoms. The number of piperidine rings is 1. The first kappa shape index (κ1) is 18.6. The van der Waals surface area contributed by atoms with Crippen molar-refractivity contribution in [1.82, 2.24) is 9.80 Å². The monoisotopic (exact) mass is 351 g/mol. The summed E-state index contributed by atoms with van der Waals surface area (Å²) >= 11 is 0. The second kappa shape index (κ2) is 8.99. The number of fused-ring (bicyclic) bond motifs is 1. The Kier molecular flexibility index (Phi) is 6.70. The van der Waals surface area contributed by atoms with Crippen LogP contribution in [0.2, 0.25) is 0 Å². The molecule has 3 fully saturated rings. The highest BCUT2D eigenvalue weighted by Crippen LogP contribution is 2.31. The molecule has 0 unspecified atom stereocenters. The Bertz CT molecular complexity index is 465. The Balaban J connectivity index is 1.65. The lowest BCUT2D eigenvalue weighted by Gasteiger charge is -2.46. The summed E-state index contributed by atoms with van der Waals surface area (Å²) in [5, 5.41) is 0. The topological polar surface area (TPSA) is 75.9 Å². The van der Waals surface area contributed by atoms with Crippen LogP contribution in [0.3, 0.4) is 0 Å². The molecule has 142 valence electrons. The Morgan fingerprint density at radius 3 is 2.44 bits per heavy atom. The number of hydrogen-bond acceptors (Lipinski definition) is 4. The zero-order valence-electron chi connectivity index (χ0n) is 15.3. The summed E-state index contributed by atoms with van der Waals surface area (Å²) in [5.41, 5.74) is 5.23. The number of primary amides is 1. The van der Waals surface area contributed by atoms with Crippen LogP contribution in [-0.4, -0.2) is 66.5 Å². The fraction of sp³-hybridized carbons (Fsp3) is 0.895. The maximum absolute atomic E-state index is 12.6. The number of carbonyl (C=O) groups excluding carboxylic acids is 2. The smallest absolute Gasteiger partial charge is 0.223 e. The van der Waals surface area contributed by atoms with Crippen molar-refractivity contribution in [3.63, 3.8) is 0 Å². The van der Waals surface area contributed by atoms with Crippen LogP contribution < -0.4 is 5.73 Å². The molecule has 0 bridgehead atoms. The van der Waals surface area contributed by atoms with Crippen molar-refractivity contribution in [2.24, 2.45) is 11.7 Å². The quantitative estimate of drug-likeness (QED) is 0.815. The third-order valence-electron chi connectivity index (χ3n) is 6.15. The Morgan fingerprint density at radius 1 is 0.920 bits per heavy atom. The summed E-state index contributed by atoms with van der Waals surface area (Å²) in [5.74, 6) is 0.457. The van der Waals surface area contributed by atoms with Crippen molar-refractivity contribution >= 4 is 11.8 Å². The predicted molar refractivity (Wildman–Crippen MR) is 95.9 cm³/mol. The Labute approximate surface area is 151 Å². The van der Waals surface area contributed by atoms with E-state index >= 15 is 0 Å². The molecule has 6 heteroatoms. The van der Waals surface area contributed by atoms with Crippen LogP contribution in [0.15, 0.2) is 0 Å². The zero-order valence-corrected chi connectivity index (χ0v) is 15.3. The molecule has 0 aliphatic carbocycles. The summed E-state index contributed by atoms with van der Waals surface area (Å²) < 4.78 is 5.51. The van der Waals surface area contributed by atoms with Gasteiger partial charge < -0.3 is 15.4 Å². The maximum Gasteiger partial charge on any atom is 0.223 e. The van der Waals surface area contributed by atoms with Gasteiger partial charge in [-0.25, -0.2) is 0 Å². The van der Waals surface area contributed by atoms with E-state index < -0.39 is 0 Å². The van der Waals surface area contributed by atoms with Gasteiger partial charge in [-0.05, 0) is 51.0 Å². The van der Waals surface area contributed by atoms with Crippen LogP contribution >= 0.6 is 0 Å². The molecule has 0 aromatic rings. The van der Waals surface area contributed by atoms with E-state index in [9.17, 15) is 9.59 Å². The molecule has 0 aromatic heterocycles. The van der Waals surface area contributed by atoms with Crippen molar-refractivity contribution in [2.45, 2.75) is 69.9 Å². The van der Waals surface area contributed by atoms with Gasteiger partial charge >= 0.3 is 0 Å². The molecule has 3 aliphatic heterocycles. The second-order valence-corrected chi connectivity index (χ2v) is 7.88. The average Bonchev–Trinajstić information content (AvgIpc) is 2.83. The SMILES string of the molecule is NC(=O)CCC(=O)N1CCC[C@@H]2[C@H]1CCCCN2CC1CCOCC1. The van der Waals surface area contributed by atoms with Gasteiger partial charge in [0.25, 0.3) is 0 Å². The van der Waals surface area contributed by atoms with Crippen molar-refractivity contribution in [1.29, 1.82) is 0 Å². The number of likely N-dealkylation sites (tertiary alicyclic amines) is 2. The molecule has 2 N–H and O–H groups in total. The van der Waals surface area contributed by atoms with E-state index in [4.69, 9.17) is 10.5 Å². The van der Waals surface area contributed by atoms with Crippen LogP contribution in [0.1, 0.15) is 57.8 Å². The highest BCUT2D eigenvalue weighted by molar-refractivity contribution is 5.83. The molecule has 0 radical (unpaired) electrons. The number of nitrogens with zero attached hydrogens (tertiary/aromatic N) is 2. The fourth-order valence-corrected chi connectivity index (χ4v) is 4.82. The van der Waals surface area contributed by atoms with E-state index in [2.05, 4.69) is 9.80 Å². The number of carbonyl (C=O) groups is 2. The molecule has 0 aromatic carbocycles. The minimum absolute atomic E-state index is 0.112. The number of amides is 2. The lowest BCUT2D eigenvalue weighted by Crippen LogP contribution is -2.57. The van der Waals surface area contributed by atoms with Gasteiger partial charge in [0.05, 0.1) is 0 Å². The van der Waals surface area contributed by atoms with Crippen molar-refractivity contribution in [3.8, 4) is 0 Å². The molecular weight excluding hydrogens is 318 g/mol. The van der Waals surface area contributed by atoms with Gasteiger partial charge in [-0.15, -0.1) is 0 Å². The lowest BCUT2D eigenvalue weighted by atomic mass is 9.90. The number of nitrogens with two attached hydrogens (primary N) is 1. The summed E-state index contributed by atoms with van der Waals surface area (Å²) in [6.07, 6.45) is 8.50. The van der Waals surface area contributed by atoms with E-state index in [1.165, 1.54) is 19.3 Å². The molecule has 0 spiro atoms. The summed E-state index contributed by atoms with van der Waals surface area (Å²) in [4.78, 5) is 28.4. The minimum Gasteiger partial charge on any atom is -0.381 e. The highest BCUT2D eigenvalue weighted by atomic mass is 16.5. The standard InChI is InChI=1S/C19H33N3O3/c20-18(23)6-7-19(24)22-11-3-5-16-17(22)4-1-2-10-21(16)14-15-8-12-25-13-9-15/h15-17H,1-14H2,(H2,20,23)/t16-,17-/m1/s1. The third-order valence-corrected chi connectivity index (χ3v) is 6.15. The molecule has 3 heterocycles. The number of ether oxygens (including phenoxy) is 1. The van der Waals surface area contributed by atoms with Gasteiger partial charge in [-0.3, -0.25) is 14.5 Å². The molecule has 6 nitrogen and oxygen atoms in total. The van der Waals surface area contributed by atoms with Crippen molar-refractivity contribution in [3.05, 3.63) is 0 Å². The number of hydrogen-bond donors (Lipinski definition) is 1. The van der Waals surface area contributed by atoms with Gasteiger partial charge in [-0.2, -0.15) is 0 Å². The van der Waals surface area contributed by atoms with Crippen LogP contribution in [0.5, 0.6) is 0 Å². The molecule has 3 saturated heterocycles. The maximum atomic E-state index is 12.6. The first-order valence-electron chi connectivity index (χ1n) is 10.0. The predicted octanol–water partition coefficient (Wildman–Crippen LogP) is 1.52. The Hall–Kier alpha value is -1.14. The van der Waals surface area contributed by atoms with Gasteiger partial charge in [0.15, 0.2) is 0 Å². The van der Waals surface area contributed by atoms with Crippen molar-refractivity contribution in [2.75, 3.05) is 32.8 Å². The molecule has 2 amide bonds. The normalized spacial score (nSPS) is 29.0. The lowest BCUT2D eigenvalue weighted by molar-refractivity contribution is -0.138. The summed E-state index contributed by atoms with van der Waals surface area (Å²) in [6, 6.07) is 0.799. The van der Waals surface area contributed by atoms with Gasteiger partial charge in [0.1, 0.15) is 0 Å². The first-order chi connectivity index (χ1) is 12.1. The number of rotatable bonds is 5. The van der Waals surface area contributed by atoms with Crippen LogP contribution in [0, 0.1) is 5.92 Å². The average molecular weight is 351 g/mol. The fourth-order valence-electron chi connectivity index (χ4n) is 4.82. The first-order valence-corrected chi connectivity index (χ1v) is 10.0. The second-order valence-electron chi connectivity index (χ2n) is 7.88. The van der Waals surface area contributed by atoms with Gasteiger partial charge in [0, 0.05) is 51.2 Å². The van der Waals surface area contributed by atoms with E-state index in [-0.39, 0.29) is 24.7 Å². The minimum atomic E-state index is -0.385. The van der Waals surface area contributed by atoms with Crippen LogP contribution in [-0.2, 0) is 14.3 Å². The molecule has 3 rings (SSSR count). The largest absolute Gasteiger partial charge is 0.381 e. The highest BCUT2D eigenvalue weighted by Gasteiger charge is 2.38. The van der Waals surface area contributed by atoms with Gasteiger partial charge in [0.2, 0.25) is 11.8 Å². The van der Waals surface area contributed by atoms with E-state index in [1.807, 2.05) is 0 Å². The van der Waals surface area contributed by atoms with E-state index in [0.29, 0.717) is 12.1 Å².